The molecule has 0 unspecified atom stereocenters. The fourth-order valence-electron chi connectivity index (χ4n) is 2.16. The first kappa shape index (κ1) is 12.8. The maximum Gasteiger partial charge on any atom is 0.307 e. The van der Waals surface area contributed by atoms with Crippen molar-refractivity contribution in [3.8, 4) is 0 Å². The van der Waals surface area contributed by atoms with Gasteiger partial charge in [-0.3, -0.25) is 14.5 Å². The first-order valence-electron chi connectivity index (χ1n) is 6.17. The second kappa shape index (κ2) is 5.78. The molecule has 96 valence electrons. The van der Waals surface area contributed by atoms with E-state index in [9.17, 15) is 9.59 Å². The largest absolute Gasteiger partial charge is 0.481 e. The van der Waals surface area contributed by atoms with Gasteiger partial charge >= 0.3 is 5.97 Å². The SMILES string of the molecule is O=C(O)Cc1ccc(CN2CCC(=O)CC2)cc1. The molecule has 4 nitrogen and oxygen atoms in total. The average molecular weight is 247 g/mol. The number of hydrogen-bond donors (Lipinski definition) is 1. The van der Waals surface area contributed by atoms with Gasteiger partial charge in [-0.1, -0.05) is 24.3 Å². The lowest BCUT2D eigenvalue weighted by molar-refractivity contribution is -0.136. The second-order valence-corrected chi connectivity index (χ2v) is 4.70. The molecule has 0 radical (unpaired) electrons. The number of carboxylic acid groups (broad SMARTS) is 1. The number of carbonyl (C=O) groups is 2. The van der Waals surface area contributed by atoms with Crippen molar-refractivity contribution in [1.82, 2.24) is 4.90 Å². The van der Waals surface area contributed by atoms with Crippen LogP contribution in [-0.2, 0) is 22.6 Å². The molecule has 4 heteroatoms. The Bertz CT molecular complexity index is 429. The average Bonchev–Trinajstić information content (AvgIpc) is 2.34. The molecule has 0 bridgehead atoms. The summed E-state index contributed by atoms with van der Waals surface area (Å²) in [6.45, 7) is 2.49. The highest BCUT2D eigenvalue weighted by molar-refractivity contribution is 5.79. The van der Waals surface area contributed by atoms with Crippen LogP contribution in [0.15, 0.2) is 24.3 Å². The highest BCUT2D eigenvalue weighted by atomic mass is 16.4. The van der Waals surface area contributed by atoms with Crippen LogP contribution in [0.4, 0.5) is 0 Å². The van der Waals surface area contributed by atoms with Crippen molar-refractivity contribution in [3.05, 3.63) is 35.4 Å². The van der Waals surface area contributed by atoms with Crippen LogP contribution in [0.3, 0.4) is 0 Å². The van der Waals surface area contributed by atoms with Gasteiger partial charge in [0.25, 0.3) is 0 Å². The van der Waals surface area contributed by atoms with Gasteiger partial charge in [-0.2, -0.15) is 0 Å². The zero-order valence-corrected chi connectivity index (χ0v) is 10.3. The lowest BCUT2D eigenvalue weighted by Crippen LogP contribution is -2.33. The van der Waals surface area contributed by atoms with E-state index in [-0.39, 0.29) is 6.42 Å². The van der Waals surface area contributed by atoms with E-state index in [1.165, 1.54) is 5.56 Å². The molecule has 2 rings (SSSR count). The van der Waals surface area contributed by atoms with Gasteiger partial charge in [0.1, 0.15) is 5.78 Å². The third-order valence-corrected chi connectivity index (χ3v) is 3.20. The van der Waals surface area contributed by atoms with Crippen LogP contribution in [0.2, 0.25) is 0 Å². The molecule has 1 aliphatic rings. The molecule has 1 heterocycles. The summed E-state index contributed by atoms with van der Waals surface area (Å²) in [4.78, 5) is 23.9. The third kappa shape index (κ3) is 3.67. The highest BCUT2D eigenvalue weighted by Crippen LogP contribution is 2.12. The van der Waals surface area contributed by atoms with E-state index in [1.807, 2.05) is 24.3 Å². The van der Waals surface area contributed by atoms with Crippen molar-refractivity contribution >= 4 is 11.8 Å². The van der Waals surface area contributed by atoms with Gasteiger partial charge in [-0.25, -0.2) is 0 Å². The van der Waals surface area contributed by atoms with Crippen molar-refractivity contribution in [2.75, 3.05) is 13.1 Å². The van der Waals surface area contributed by atoms with Crippen LogP contribution < -0.4 is 0 Å². The topological polar surface area (TPSA) is 57.6 Å². The number of ketones is 1. The predicted octanol–water partition coefficient (Wildman–Crippen LogP) is 1.48. The number of aliphatic carboxylic acids is 1. The van der Waals surface area contributed by atoms with Crippen LogP contribution in [-0.4, -0.2) is 34.8 Å². The summed E-state index contributed by atoms with van der Waals surface area (Å²) in [7, 11) is 0. The zero-order chi connectivity index (χ0) is 13.0. The molecule has 1 aromatic carbocycles. The molecular weight excluding hydrogens is 230 g/mol. The summed E-state index contributed by atoms with van der Waals surface area (Å²) in [5.41, 5.74) is 1.98. The monoisotopic (exact) mass is 247 g/mol. The van der Waals surface area contributed by atoms with E-state index < -0.39 is 5.97 Å². The number of rotatable bonds is 4. The van der Waals surface area contributed by atoms with Crippen molar-refractivity contribution < 1.29 is 14.7 Å². The van der Waals surface area contributed by atoms with Crippen molar-refractivity contribution in [3.63, 3.8) is 0 Å². The summed E-state index contributed by atoms with van der Waals surface area (Å²) in [5, 5.41) is 8.68. The number of likely N-dealkylation sites (tertiary alicyclic amines) is 1. The van der Waals surface area contributed by atoms with E-state index in [4.69, 9.17) is 5.11 Å². The van der Waals surface area contributed by atoms with Crippen LogP contribution in [0, 0.1) is 0 Å². The molecule has 0 saturated carbocycles. The Labute approximate surface area is 106 Å². The molecule has 1 saturated heterocycles. The van der Waals surface area contributed by atoms with E-state index in [2.05, 4.69) is 4.90 Å². The Morgan fingerprint density at radius 1 is 1.11 bits per heavy atom. The molecule has 1 aromatic rings. The normalized spacial score (nSPS) is 16.8. The Balaban J connectivity index is 1.90. The quantitative estimate of drug-likeness (QED) is 0.875. The Hall–Kier alpha value is -1.68. The Morgan fingerprint density at radius 2 is 1.67 bits per heavy atom. The highest BCUT2D eigenvalue weighted by Gasteiger charge is 2.15. The van der Waals surface area contributed by atoms with Crippen LogP contribution in [0.5, 0.6) is 0 Å². The number of hydrogen-bond acceptors (Lipinski definition) is 3. The second-order valence-electron chi connectivity index (χ2n) is 4.70. The minimum Gasteiger partial charge on any atom is -0.481 e. The maximum absolute atomic E-state index is 11.1. The Morgan fingerprint density at radius 3 is 2.22 bits per heavy atom. The fraction of sp³-hybridized carbons (Fsp3) is 0.429. The van der Waals surface area contributed by atoms with E-state index in [0.29, 0.717) is 18.6 Å². The summed E-state index contributed by atoms with van der Waals surface area (Å²) in [6.07, 6.45) is 1.37. The van der Waals surface area contributed by atoms with Crippen LogP contribution >= 0.6 is 0 Å². The number of nitrogens with zero attached hydrogens (tertiary/aromatic N) is 1. The first-order chi connectivity index (χ1) is 8.63. The summed E-state index contributed by atoms with van der Waals surface area (Å²) >= 11 is 0. The van der Waals surface area contributed by atoms with Crippen molar-refractivity contribution in [2.24, 2.45) is 0 Å². The minimum absolute atomic E-state index is 0.0680. The first-order valence-corrected chi connectivity index (χ1v) is 6.17. The van der Waals surface area contributed by atoms with Crippen molar-refractivity contribution in [2.45, 2.75) is 25.8 Å². The molecule has 1 aliphatic heterocycles. The summed E-state index contributed by atoms with van der Waals surface area (Å²) in [5.74, 6) is -0.458. The van der Waals surface area contributed by atoms with E-state index >= 15 is 0 Å². The standard InChI is InChI=1S/C14H17NO3/c16-13-5-7-15(8-6-13)10-12-3-1-11(2-4-12)9-14(17)18/h1-4H,5-10H2,(H,17,18). The lowest BCUT2D eigenvalue weighted by Gasteiger charge is -2.25. The lowest BCUT2D eigenvalue weighted by atomic mass is 10.1. The number of benzene rings is 1. The molecule has 1 fully saturated rings. The van der Waals surface area contributed by atoms with Gasteiger partial charge in [0, 0.05) is 32.5 Å². The fourth-order valence-corrected chi connectivity index (χ4v) is 2.16. The van der Waals surface area contributed by atoms with Gasteiger partial charge in [-0.15, -0.1) is 0 Å². The molecule has 0 amide bonds. The van der Waals surface area contributed by atoms with E-state index in [1.54, 1.807) is 0 Å². The smallest absolute Gasteiger partial charge is 0.307 e. The summed E-state index contributed by atoms with van der Waals surface area (Å²) in [6, 6.07) is 7.65. The zero-order valence-electron chi connectivity index (χ0n) is 10.3. The van der Waals surface area contributed by atoms with Gasteiger partial charge in [0.2, 0.25) is 0 Å². The third-order valence-electron chi connectivity index (χ3n) is 3.20. The van der Waals surface area contributed by atoms with Gasteiger partial charge in [-0.05, 0) is 11.1 Å². The molecule has 18 heavy (non-hydrogen) atoms. The number of piperidine rings is 1. The van der Waals surface area contributed by atoms with Gasteiger partial charge in [0.15, 0.2) is 0 Å². The Kier molecular flexibility index (Phi) is 4.10. The molecule has 1 N–H and O–H groups in total. The molecule has 0 atom stereocenters. The molecular formula is C14H17NO3. The summed E-state index contributed by atoms with van der Waals surface area (Å²) < 4.78 is 0. The number of carbonyl (C=O) groups excluding carboxylic acids is 1. The molecule has 0 aliphatic carbocycles. The van der Waals surface area contributed by atoms with Gasteiger partial charge in [0.05, 0.1) is 6.42 Å². The molecule has 0 spiro atoms. The van der Waals surface area contributed by atoms with Crippen LogP contribution in [0.25, 0.3) is 0 Å². The number of carboxylic acids is 1. The van der Waals surface area contributed by atoms with E-state index in [0.717, 1.165) is 25.2 Å². The number of Topliss-reactive ketones (excluding diaryl/α,β-unsaturated/α-hetero) is 1. The van der Waals surface area contributed by atoms with Crippen molar-refractivity contribution in [1.29, 1.82) is 0 Å². The minimum atomic E-state index is -0.808. The predicted molar refractivity (Wildman–Crippen MR) is 67.3 cm³/mol. The maximum atomic E-state index is 11.1. The van der Waals surface area contributed by atoms with Crippen LogP contribution in [0.1, 0.15) is 24.0 Å². The molecule has 0 aromatic heterocycles. The van der Waals surface area contributed by atoms with Gasteiger partial charge < -0.3 is 5.11 Å².